The normalized spacial score (nSPS) is 21.0. The maximum Gasteiger partial charge on any atom is 0.274 e. The van der Waals surface area contributed by atoms with Crippen LogP contribution in [0.1, 0.15) is 19.3 Å². The van der Waals surface area contributed by atoms with Gasteiger partial charge in [-0.25, -0.2) is 9.86 Å². The summed E-state index contributed by atoms with van der Waals surface area (Å²) in [5.74, 6) is 0.181. The molecule has 0 aliphatic carbocycles. The molecular weight excluding hydrogens is 258 g/mol. The van der Waals surface area contributed by atoms with E-state index in [-0.39, 0.29) is 18.4 Å². The van der Waals surface area contributed by atoms with Crippen molar-refractivity contribution < 1.29 is 17.9 Å². The number of carbonyl (C=O) groups is 1. The topological polar surface area (TPSA) is 102 Å². The second kappa shape index (κ2) is 7.03. The number of nitrogens with zero attached hydrogens (tertiary/aromatic N) is 1. The number of nitrogens with two attached hydrogens (primary N) is 1. The predicted molar refractivity (Wildman–Crippen MR) is 66.9 cm³/mol. The molecule has 1 atom stereocenters. The molecule has 7 nitrogen and oxygen atoms in total. The minimum absolute atomic E-state index is 0.0529. The van der Waals surface area contributed by atoms with E-state index in [0.717, 1.165) is 19.4 Å². The Bertz CT molecular complexity index is 371. The first-order chi connectivity index (χ1) is 8.42. The van der Waals surface area contributed by atoms with Crippen LogP contribution in [0.3, 0.4) is 0 Å². The maximum atomic E-state index is 11.8. The third kappa shape index (κ3) is 5.76. The van der Waals surface area contributed by atoms with E-state index in [0.29, 0.717) is 19.6 Å². The van der Waals surface area contributed by atoms with Crippen molar-refractivity contribution in [2.75, 3.05) is 33.4 Å². The van der Waals surface area contributed by atoms with Crippen molar-refractivity contribution in [3.63, 3.8) is 0 Å². The average molecular weight is 279 g/mol. The molecule has 1 saturated heterocycles. The van der Waals surface area contributed by atoms with Gasteiger partial charge in [0.25, 0.3) is 10.2 Å². The van der Waals surface area contributed by atoms with Gasteiger partial charge in [0.15, 0.2) is 0 Å². The van der Waals surface area contributed by atoms with E-state index in [1.54, 1.807) is 12.0 Å². The van der Waals surface area contributed by atoms with Gasteiger partial charge < -0.3 is 9.64 Å². The van der Waals surface area contributed by atoms with Crippen LogP contribution in [0.25, 0.3) is 0 Å². The van der Waals surface area contributed by atoms with Crippen LogP contribution in [-0.4, -0.2) is 52.6 Å². The number of nitrogens with one attached hydrogen (secondary N) is 1. The van der Waals surface area contributed by atoms with Crippen LogP contribution >= 0.6 is 0 Å². The first-order valence-corrected chi connectivity index (χ1v) is 7.51. The summed E-state index contributed by atoms with van der Waals surface area (Å²) >= 11 is 0. The third-order valence-corrected chi connectivity index (χ3v) is 3.53. The number of hydrogen-bond donors (Lipinski definition) is 2. The largest absolute Gasteiger partial charge is 0.384 e. The van der Waals surface area contributed by atoms with Crippen LogP contribution in [0.15, 0.2) is 0 Å². The van der Waals surface area contributed by atoms with Crippen LogP contribution in [-0.2, 0) is 19.7 Å². The van der Waals surface area contributed by atoms with Gasteiger partial charge in [-0.05, 0) is 18.8 Å². The van der Waals surface area contributed by atoms with Gasteiger partial charge in [0.05, 0.1) is 13.0 Å². The Labute approximate surface area is 108 Å². The molecule has 18 heavy (non-hydrogen) atoms. The highest BCUT2D eigenvalue weighted by atomic mass is 32.2. The molecule has 1 aliphatic rings. The number of likely N-dealkylation sites (tertiary alicyclic amines) is 1. The number of carbonyl (C=O) groups excluding carboxylic acids is 1. The summed E-state index contributed by atoms with van der Waals surface area (Å²) < 4.78 is 28.7. The van der Waals surface area contributed by atoms with Gasteiger partial charge in [-0.3, -0.25) is 4.79 Å². The van der Waals surface area contributed by atoms with Crippen molar-refractivity contribution >= 4 is 16.1 Å². The monoisotopic (exact) mass is 279 g/mol. The zero-order valence-corrected chi connectivity index (χ0v) is 11.4. The Kier molecular flexibility index (Phi) is 6.00. The first-order valence-electron chi connectivity index (χ1n) is 5.96. The number of methoxy groups -OCH3 is 1. The molecule has 1 unspecified atom stereocenters. The Morgan fingerprint density at radius 3 is 2.89 bits per heavy atom. The predicted octanol–water partition coefficient (Wildman–Crippen LogP) is -0.945. The molecule has 0 saturated carbocycles. The summed E-state index contributed by atoms with van der Waals surface area (Å²) in [6, 6.07) is 0. The lowest BCUT2D eigenvalue weighted by atomic mass is 9.98. The molecule has 0 radical (unpaired) electrons. The minimum Gasteiger partial charge on any atom is -0.384 e. The molecule has 1 aliphatic heterocycles. The number of ether oxygens (including phenoxy) is 1. The number of hydrogen-bond acceptors (Lipinski definition) is 4. The molecule has 0 aromatic carbocycles. The molecule has 8 heteroatoms. The highest BCUT2D eigenvalue weighted by molar-refractivity contribution is 7.87. The molecule has 0 aromatic heterocycles. The smallest absolute Gasteiger partial charge is 0.274 e. The minimum atomic E-state index is -3.65. The summed E-state index contributed by atoms with van der Waals surface area (Å²) in [5, 5.41) is 4.88. The van der Waals surface area contributed by atoms with E-state index in [1.165, 1.54) is 0 Å². The number of amides is 1. The molecule has 1 amide bonds. The van der Waals surface area contributed by atoms with Gasteiger partial charge in [0, 0.05) is 26.7 Å². The fraction of sp³-hybridized carbons (Fsp3) is 0.900. The second-order valence-electron chi connectivity index (χ2n) is 4.48. The lowest BCUT2D eigenvalue weighted by Gasteiger charge is -2.32. The lowest BCUT2D eigenvalue weighted by molar-refractivity contribution is -0.133. The van der Waals surface area contributed by atoms with Gasteiger partial charge >= 0.3 is 0 Å². The Hall–Kier alpha value is -0.700. The summed E-state index contributed by atoms with van der Waals surface area (Å²) in [6.45, 7) is 2.00. The van der Waals surface area contributed by atoms with Crippen molar-refractivity contribution in [3.8, 4) is 0 Å². The summed E-state index contributed by atoms with van der Waals surface area (Å²) in [7, 11) is -2.09. The molecule has 0 aromatic rings. The summed E-state index contributed by atoms with van der Waals surface area (Å²) in [6.07, 6.45) is 2.15. The molecular formula is C10H21N3O4S. The molecule has 0 spiro atoms. The summed E-state index contributed by atoms with van der Waals surface area (Å²) in [4.78, 5) is 13.5. The van der Waals surface area contributed by atoms with Crippen molar-refractivity contribution in [1.82, 2.24) is 9.62 Å². The van der Waals surface area contributed by atoms with Crippen LogP contribution in [0.5, 0.6) is 0 Å². The second-order valence-corrected chi connectivity index (χ2v) is 5.86. The third-order valence-electron chi connectivity index (χ3n) is 2.96. The Morgan fingerprint density at radius 1 is 1.56 bits per heavy atom. The fourth-order valence-electron chi connectivity index (χ4n) is 2.04. The highest BCUT2D eigenvalue weighted by Crippen LogP contribution is 2.16. The Morgan fingerprint density at radius 2 is 2.28 bits per heavy atom. The summed E-state index contributed by atoms with van der Waals surface area (Å²) in [5.41, 5.74) is 0. The van der Waals surface area contributed by atoms with Crippen LogP contribution < -0.4 is 9.86 Å². The SMILES string of the molecule is COCCC(=O)N1CCCC(CNS(N)(=O)=O)C1. The number of rotatable bonds is 6. The molecule has 0 bridgehead atoms. The van der Waals surface area contributed by atoms with E-state index >= 15 is 0 Å². The molecule has 1 rings (SSSR count). The van der Waals surface area contributed by atoms with Crippen molar-refractivity contribution in [2.24, 2.45) is 11.1 Å². The first kappa shape index (κ1) is 15.4. The van der Waals surface area contributed by atoms with Crippen molar-refractivity contribution in [2.45, 2.75) is 19.3 Å². The van der Waals surface area contributed by atoms with E-state index < -0.39 is 10.2 Å². The van der Waals surface area contributed by atoms with Gasteiger partial charge in [0.1, 0.15) is 0 Å². The zero-order chi connectivity index (χ0) is 13.6. The maximum absolute atomic E-state index is 11.8. The zero-order valence-electron chi connectivity index (χ0n) is 10.6. The van der Waals surface area contributed by atoms with Gasteiger partial charge in [-0.15, -0.1) is 0 Å². The van der Waals surface area contributed by atoms with Gasteiger partial charge in [0.2, 0.25) is 5.91 Å². The van der Waals surface area contributed by atoms with Gasteiger partial charge in [-0.2, -0.15) is 8.42 Å². The lowest BCUT2D eigenvalue weighted by Crippen LogP contribution is -2.44. The fourth-order valence-corrected chi connectivity index (χ4v) is 2.51. The van der Waals surface area contributed by atoms with E-state index in [9.17, 15) is 13.2 Å². The van der Waals surface area contributed by atoms with E-state index in [4.69, 9.17) is 9.88 Å². The van der Waals surface area contributed by atoms with Crippen LogP contribution in [0.2, 0.25) is 0 Å². The van der Waals surface area contributed by atoms with E-state index in [2.05, 4.69) is 4.72 Å². The van der Waals surface area contributed by atoms with Gasteiger partial charge in [-0.1, -0.05) is 0 Å². The molecule has 1 fully saturated rings. The highest BCUT2D eigenvalue weighted by Gasteiger charge is 2.23. The quantitative estimate of drug-likeness (QED) is 0.654. The van der Waals surface area contributed by atoms with Crippen molar-refractivity contribution in [3.05, 3.63) is 0 Å². The Balaban J connectivity index is 2.38. The molecule has 1 heterocycles. The standard InChI is InChI=1S/C10H21N3O4S/c1-17-6-4-10(14)13-5-2-3-9(8-13)7-12-18(11,15)16/h9,12H,2-8H2,1H3,(H2,11,15,16). The molecule has 3 N–H and O–H groups in total. The van der Waals surface area contributed by atoms with E-state index in [1.807, 2.05) is 0 Å². The van der Waals surface area contributed by atoms with Crippen LogP contribution in [0.4, 0.5) is 0 Å². The average Bonchev–Trinajstić information content (AvgIpc) is 2.33. The van der Waals surface area contributed by atoms with Crippen LogP contribution in [0, 0.1) is 5.92 Å². The van der Waals surface area contributed by atoms with Crippen molar-refractivity contribution in [1.29, 1.82) is 0 Å². The molecule has 106 valence electrons. The number of piperidine rings is 1.